The smallest absolute Gasteiger partial charge is 0.338 e. The molecule has 0 heterocycles. The van der Waals surface area contributed by atoms with E-state index in [1.165, 1.54) is 7.11 Å². The lowest BCUT2D eigenvalue weighted by Gasteiger charge is -2.16. The first-order chi connectivity index (χ1) is 8.63. The van der Waals surface area contributed by atoms with E-state index in [4.69, 9.17) is 14.2 Å². The van der Waals surface area contributed by atoms with Crippen molar-refractivity contribution in [1.82, 2.24) is 0 Å². The molecule has 0 saturated carbocycles. The van der Waals surface area contributed by atoms with Crippen LogP contribution in [0.25, 0.3) is 5.57 Å². The van der Waals surface area contributed by atoms with E-state index in [0.717, 1.165) is 11.1 Å². The Bertz CT molecular complexity index is 422. The molecule has 4 heteroatoms. The summed E-state index contributed by atoms with van der Waals surface area (Å²) in [6, 6.07) is 7.17. The predicted octanol–water partition coefficient (Wildman–Crippen LogP) is 2.50. The number of methoxy groups -OCH3 is 3. The molecule has 0 bridgehead atoms. The minimum Gasteiger partial charge on any atom is -0.465 e. The van der Waals surface area contributed by atoms with Gasteiger partial charge in [0.05, 0.1) is 12.7 Å². The van der Waals surface area contributed by atoms with Crippen LogP contribution in [0.4, 0.5) is 0 Å². The first kappa shape index (κ1) is 14.4. The molecule has 0 aromatic heterocycles. The van der Waals surface area contributed by atoms with Crippen molar-refractivity contribution in [3.8, 4) is 0 Å². The Morgan fingerprint density at radius 1 is 1.17 bits per heavy atom. The van der Waals surface area contributed by atoms with Gasteiger partial charge in [-0.2, -0.15) is 0 Å². The quantitative estimate of drug-likeness (QED) is 0.575. The van der Waals surface area contributed by atoms with Crippen molar-refractivity contribution < 1.29 is 19.0 Å². The molecule has 0 fully saturated rings. The van der Waals surface area contributed by atoms with E-state index in [-0.39, 0.29) is 12.3 Å². The first-order valence-electron chi connectivity index (χ1n) is 5.55. The van der Waals surface area contributed by atoms with E-state index in [1.807, 2.05) is 12.1 Å². The normalized spacial score (nSPS) is 10.4. The summed E-state index contributed by atoms with van der Waals surface area (Å²) in [4.78, 5) is 11.6. The Hall–Kier alpha value is -1.65. The van der Waals surface area contributed by atoms with Gasteiger partial charge in [0.1, 0.15) is 0 Å². The molecule has 0 atom stereocenters. The van der Waals surface area contributed by atoms with Crippen molar-refractivity contribution in [2.24, 2.45) is 0 Å². The zero-order valence-electron chi connectivity index (χ0n) is 10.9. The summed E-state index contributed by atoms with van der Waals surface area (Å²) < 4.78 is 15.0. The summed E-state index contributed by atoms with van der Waals surface area (Å²) in [5, 5.41) is 0. The third-order valence-electron chi connectivity index (χ3n) is 2.65. The fourth-order valence-electron chi connectivity index (χ4n) is 1.65. The third-order valence-corrected chi connectivity index (χ3v) is 2.65. The van der Waals surface area contributed by atoms with Crippen LogP contribution in [-0.4, -0.2) is 33.6 Å². The minimum absolute atomic E-state index is 0.372. The van der Waals surface area contributed by atoms with Gasteiger partial charge in [0.25, 0.3) is 0 Å². The van der Waals surface area contributed by atoms with Crippen molar-refractivity contribution >= 4 is 11.5 Å². The van der Waals surface area contributed by atoms with E-state index < -0.39 is 0 Å². The third kappa shape index (κ3) is 3.42. The maximum absolute atomic E-state index is 11.6. The van der Waals surface area contributed by atoms with Crippen molar-refractivity contribution in [2.45, 2.75) is 12.7 Å². The molecule has 0 aliphatic carbocycles. The standard InChI is InChI=1S/C14H18O4/c1-10(9-13(16-2)17-3)11-7-5-6-8-12(11)14(15)18-4/h5-8,13H,1,9H2,2-4H3. The summed E-state index contributed by atoms with van der Waals surface area (Å²) in [5.41, 5.74) is 2.02. The van der Waals surface area contributed by atoms with E-state index in [2.05, 4.69) is 6.58 Å². The summed E-state index contributed by atoms with van der Waals surface area (Å²) >= 11 is 0. The topological polar surface area (TPSA) is 44.8 Å². The molecule has 0 N–H and O–H groups in total. The number of hydrogen-bond donors (Lipinski definition) is 0. The SMILES string of the molecule is C=C(CC(OC)OC)c1ccccc1C(=O)OC. The maximum atomic E-state index is 11.6. The van der Waals surface area contributed by atoms with Crippen molar-refractivity contribution in [2.75, 3.05) is 21.3 Å². The van der Waals surface area contributed by atoms with Gasteiger partial charge in [-0.1, -0.05) is 24.8 Å². The molecule has 0 aliphatic heterocycles. The van der Waals surface area contributed by atoms with Crippen LogP contribution in [0.15, 0.2) is 30.8 Å². The molecule has 0 spiro atoms. The number of ether oxygens (including phenoxy) is 3. The van der Waals surface area contributed by atoms with Crippen molar-refractivity contribution in [3.63, 3.8) is 0 Å². The molecule has 0 radical (unpaired) electrons. The minimum atomic E-state index is -0.377. The molecular formula is C14H18O4. The highest BCUT2D eigenvalue weighted by atomic mass is 16.7. The second-order valence-electron chi connectivity index (χ2n) is 3.75. The lowest BCUT2D eigenvalue weighted by atomic mass is 9.98. The summed E-state index contributed by atoms with van der Waals surface area (Å²) in [5.74, 6) is -0.377. The van der Waals surface area contributed by atoms with Crippen LogP contribution in [0.1, 0.15) is 22.3 Å². The van der Waals surface area contributed by atoms with Crippen LogP contribution in [-0.2, 0) is 14.2 Å². The molecule has 98 valence electrons. The predicted molar refractivity (Wildman–Crippen MR) is 69.2 cm³/mol. The van der Waals surface area contributed by atoms with E-state index in [1.54, 1.807) is 26.4 Å². The van der Waals surface area contributed by atoms with Gasteiger partial charge in [0.15, 0.2) is 6.29 Å². The second kappa shape index (κ2) is 6.93. The highest BCUT2D eigenvalue weighted by Gasteiger charge is 2.16. The van der Waals surface area contributed by atoms with Crippen molar-refractivity contribution in [1.29, 1.82) is 0 Å². The molecular weight excluding hydrogens is 232 g/mol. The highest BCUT2D eigenvalue weighted by molar-refractivity contribution is 5.95. The number of rotatable bonds is 6. The number of benzene rings is 1. The van der Waals surface area contributed by atoms with Gasteiger partial charge in [-0.05, 0) is 17.2 Å². The summed E-state index contributed by atoms with van der Waals surface area (Å²) in [6.07, 6.45) is 0.115. The van der Waals surface area contributed by atoms with Crippen LogP contribution in [0.3, 0.4) is 0 Å². The molecule has 0 amide bonds. The Morgan fingerprint density at radius 3 is 2.22 bits per heavy atom. The molecule has 0 unspecified atom stereocenters. The van der Waals surface area contributed by atoms with Crippen molar-refractivity contribution in [3.05, 3.63) is 42.0 Å². The largest absolute Gasteiger partial charge is 0.465 e. The number of esters is 1. The van der Waals surface area contributed by atoms with Gasteiger partial charge in [0, 0.05) is 20.6 Å². The molecule has 1 aromatic rings. The van der Waals surface area contributed by atoms with Gasteiger partial charge < -0.3 is 14.2 Å². The average molecular weight is 250 g/mol. The molecule has 1 rings (SSSR count). The monoisotopic (exact) mass is 250 g/mol. The molecule has 1 aromatic carbocycles. The zero-order valence-corrected chi connectivity index (χ0v) is 10.9. The van der Waals surface area contributed by atoms with E-state index in [0.29, 0.717) is 12.0 Å². The van der Waals surface area contributed by atoms with E-state index in [9.17, 15) is 4.79 Å². The molecule has 0 aliphatic rings. The van der Waals surface area contributed by atoms with Crippen LogP contribution in [0, 0.1) is 0 Å². The van der Waals surface area contributed by atoms with Gasteiger partial charge in [-0.25, -0.2) is 4.79 Å². The van der Waals surface area contributed by atoms with Gasteiger partial charge in [0.2, 0.25) is 0 Å². The molecule has 0 saturated heterocycles. The Kier molecular flexibility index (Phi) is 5.55. The maximum Gasteiger partial charge on any atom is 0.338 e. The second-order valence-corrected chi connectivity index (χ2v) is 3.75. The number of carbonyl (C=O) groups excluding carboxylic acids is 1. The lowest BCUT2D eigenvalue weighted by Crippen LogP contribution is -2.14. The van der Waals surface area contributed by atoms with Crippen LogP contribution in [0.2, 0.25) is 0 Å². The highest BCUT2D eigenvalue weighted by Crippen LogP contribution is 2.23. The van der Waals surface area contributed by atoms with Gasteiger partial charge >= 0.3 is 5.97 Å². The molecule has 18 heavy (non-hydrogen) atoms. The zero-order chi connectivity index (χ0) is 13.5. The Morgan fingerprint density at radius 2 is 1.72 bits per heavy atom. The van der Waals surface area contributed by atoms with Gasteiger partial charge in [-0.15, -0.1) is 0 Å². The van der Waals surface area contributed by atoms with E-state index >= 15 is 0 Å². The van der Waals surface area contributed by atoms with Gasteiger partial charge in [-0.3, -0.25) is 0 Å². The number of hydrogen-bond acceptors (Lipinski definition) is 4. The first-order valence-corrected chi connectivity index (χ1v) is 5.55. The van der Waals surface area contributed by atoms with Crippen LogP contribution < -0.4 is 0 Å². The summed E-state index contributed by atoms with van der Waals surface area (Å²) in [6.45, 7) is 3.97. The fraction of sp³-hybridized carbons (Fsp3) is 0.357. The Balaban J connectivity index is 2.95. The summed E-state index contributed by atoms with van der Waals surface area (Å²) in [7, 11) is 4.48. The number of carbonyl (C=O) groups is 1. The molecule has 4 nitrogen and oxygen atoms in total. The lowest BCUT2D eigenvalue weighted by molar-refractivity contribution is -0.0971. The van der Waals surface area contributed by atoms with Crippen LogP contribution >= 0.6 is 0 Å². The fourth-order valence-corrected chi connectivity index (χ4v) is 1.65. The van der Waals surface area contributed by atoms with Crippen LogP contribution in [0.5, 0.6) is 0 Å². The Labute approximate surface area is 107 Å². The average Bonchev–Trinajstić information content (AvgIpc) is 2.43.